The van der Waals surface area contributed by atoms with E-state index >= 15 is 0 Å². The van der Waals surface area contributed by atoms with Gasteiger partial charge in [-0.2, -0.15) is 0 Å². The van der Waals surface area contributed by atoms with Crippen molar-refractivity contribution in [3.63, 3.8) is 0 Å². The lowest BCUT2D eigenvalue weighted by Gasteiger charge is -2.27. The van der Waals surface area contributed by atoms with E-state index in [1.165, 1.54) is 5.56 Å². The molecule has 9 nitrogen and oxygen atoms in total. The van der Waals surface area contributed by atoms with Crippen molar-refractivity contribution in [2.45, 2.75) is 145 Å². The number of ether oxygens (including phenoxy) is 2. The molecule has 10 heteroatoms. The first-order chi connectivity index (χ1) is 20.2. The number of benzene rings is 1. The normalized spacial score (nSPS) is 13.1. The molecule has 0 unspecified atom stereocenters. The number of hydrogen-bond donors (Lipinski definition) is 3. The molecule has 252 valence electrons. The van der Waals surface area contributed by atoms with Crippen LogP contribution in [0.3, 0.4) is 0 Å². The lowest BCUT2D eigenvalue weighted by molar-refractivity contribution is -0.157. The van der Waals surface area contributed by atoms with Gasteiger partial charge in [0.15, 0.2) is 0 Å². The first-order valence-corrected chi connectivity index (χ1v) is 16.5. The molecule has 2 atom stereocenters. The summed E-state index contributed by atoms with van der Waals surface area (Å²) < 4.78 is 12.1. The van der Waals surface area contributed by atoms with Crippen LogP contribution in [-0.2, 0) is 30.4 Å². The summed E-state index contributed by atoms with van der Waals surface area (Å²) in [5, 5.41) is 8.72. The van der Waals surface area contributed by atoms with Gasteiger partial charge in [0.25, 0.3) is 0 Å². The van der Waals surface area contributed by atoms with E-state index in [-0.39, 0.29) is 24.0 Å². The molecular formula is C34H58BrN3O6. The molecule has 0 fully saturated rings. The van der Waals surface area contributed by atoms with Crippen molar-refractivity contribution in [3.05, 3.63) is 34.3 Å². The molecule has 0 saturated heterocycles. The molecule has 44 heavy (non-hydrogen) atoms. The van der Waals surface area contributed by atoms with E-state index in [1.807, 2.05) is 58.9 Å². The SMILES string of the molecule is CC.CC(C)(C)CC(=O)CC[C@H](NC(=O)N[C@@H](CCCCNCc1ccc(Br)cc1)C(=O)OC(C)(C)C)C(=O)OC(C)(C)C. The predicted molar refractivity (Wildman–Crippen MR) is 180 cm³/mol. The Hall–Kier alpha value is -2.46. The van der Waals surface area contributed by atoms with Crippen molar-refractivity contribution in [1.82, 2.24) is 16.0 Å². The number of urea groups is 1. The molecule has 3 N–H and O–H groups in total. The van der Waals surface area contributed by atoms with E-state index in [0.29, 0.717) is 19.3 Å². The molecule has 0 spiro atoms. The van der Waals surface area contributed by atoms with Gasteiger partial charge in [0.2, 0.25) is 0 Å². The highest BCUT2D eigenvalue weighted by atomic mass is 79.9. The number of ketones is 1. The predicted octanol–water partition coefficient (Wildman–Crippen LogP) is 7.24. The summed E-state index contributed by atoms with van der Waals surface area (Å²) in [6.45, 7) is 21.9. The van der Waals surface area contributed by atoms with Crippen molar-refractivity contribution < 1.29 is 28.7 Å². The van der Waals surface area contributed by atoms with E-state index in [4.69, 9.17) is 9.47 Å². The Morgan fingerprint density at radius 2 is 1.23 bits per heavy atom. The number of nitrogens with one attached hydrogen (secondary N) is 3. The second kappa shape index (κ2) is 19.8. The van der Waals surface area contributed by atoms with Crippen LogP contribution >= 0.6 is 15.9 Å². The summed E-state index contributed by atoms with van der Waals surface area (Å²) >= 11 is 3.43. The van der Waals surface area contributed by atoms with Gasteiger partial charge in [0.1, 0.15) is 29.1 Å². The molecule has 0 aliphatic heterocycles. The van der Waals surface area contributed by atoms with Crippen molar-refractivity contribution in [1.29, 1.82) is 0 Å². The maximum Gasteiger partial charge on any atom is 0.329 e. The third-order valence-corrected chi connectivity index (χ3v) is 6.30. The first kappa shape index (κ1) is 41.5. The maximum atomic E-state index is 13.1. The second-order valence-corrected chi connectivity index (χ2v) is 14.8. The quantitative estimate of drug-likeness (QED) is 0.132. The zero-order valence-electron chi connectivity index (χ0n) is 28.9. The van der Waals surface area contributed by atoms with Gasteiger partial charge in [-0.05, 0) is 96.9 Å². The van der Waals surface area contributed by atoms with Crippen LogP contribution in [0.25, 0.3) is 0 Å². The minimum Gasteiger partial charge on any atom is -0.458 e. The van der Waals surface area contributed by atoms with Crippen LogP contribution in [0.1, 0.15) is 120 Å². The number of carbonyl (C=O) groups excluding carboxylic acids is 4. The maximum absolute atomic E-state index is 13.1. The number of esters is 2. The van der Waals surface area contributed by atoms with Gasteiger partial charge < -0.3 is 25.4 Å². The minimum atomic E-state index is -1.05. The highest BCUT2D eigenvalue weighted by molar-refractivity contribution is 9.10. The van der Waals surface area contributed by atoms with Crippen molar-refractivity contribution >= 4 is 39.7 Å². The van der Waals surface area contributed by atoms with Crippen molar-refractivity contribution in [2.75, 3.05) is 6.54 Å². The fraction of sp³-hybridized carbons (Fsp3) is 0.706. The number of amides is 2. The fourth-order valence-corrected chi connectivity index (χ4v) is 4.28. The summed E-state index contributed by atoms with van der Waals surface area (Å²) in [6, 6.07) is 5.44. The Bertz CT molecular complexity index is 1020. The number of Topliss-reactive ketones (excluding diaryl/α,β-unsaturated/α-hetero) is 1. The standard InChI is InChI=1S/C32H52BrN3O6.C2H6/c1-30(2,3)20-24(37)17-18-26(28(39)42-32(7,8)9)36-29(40)35-25(27(38)41-31(4,5)6)12-10-11-19-34-21-22-13-15-23(33)16-14-22;1-2/h13-16,25-26,34H,10-12,17-21H2,1-9H3,(H2,35,36,40);1-2H3/t25-,26-;/m0./s1. The Morgan fingerprint density at radius 3 is 1.68 bits per heavy atom. The van der Waals surface area contributed by atoms with E-state index in [0.717, 1.165) is 24.0 Å². The van der Waals surface area contributed by atoms with Gasteiger partial charge in [-0.1, -0.05) is 62.7 Å². The molecule has 0 aliphatic carbocycles. The first-order valence-electron chi connectivity index (χ1n) is 15.7. The molecule has 1 rings (SSSR count). The van der Waals surface area contributed by atoms with Crippen molar-refractivity contribution in [3.8, 4) is 0 Å². The van der Waals surface area contributed by atoms with Gasteiger partial charge >= 0.3 is 18.0 Å². The van der Waals surface area contributed by atoms with Crippen LogP contribution in [-0.4, -0.2) is 53.6 Å². The van der Waals surface area contributed by atoms with E-state index in [9.17, 15) is 19.2 Å². The Labute approximate surface area is 274 Å². The van der Waals surface area contributed by atoms with Gasteiger partial charge in [0, 0.05) is 23.9 Å². The summed E-state index contributed by atoms with van der Waals surface area (Å²) in [6.07, 6.45) is 2.38. The third-order valence-electron chi connectivity index (χ3n) is 5.77. The van der Waals surface area contributed by atoms with Gasteiger partial charge in [0.05, 0.1) is 0 Å². The smallest absolute Gasteiger partial charge is 0.329 e. The molecule has 2 amide bonds. The summed E-state index contributed by atoms with van der Waals surface area (Å²) in [5.74, 6) is -1.18. The summed E-state index contributed by atoms with van der Waals surface area (Å²) in [7, 11) is 0. The van der Waals surface area contributed by atoms with Gasteiger partial charge in [-0.25, -0.2) is 14.4 Å². The molecule has 1 aromatic rings. The molecule has 0 heterocycles. The van der Waals surface area contributed by atoms with Crippen LogP contribution in [0.4, 0.5) is 4.79 Å². The van der Waals surface area contributed by atoms with E-state index in [2.05, 4.69) is 31.9 Å². The monoisotopic (exact) mass is 683 g/mol. The number of halogens is 1. The Kier molecular flexibility index (Phi) is 18.7. The highest BCUT2D eigenvalue weighted by Crippen LogP contribution is 2.21. The molecular weight excluding hydrogens is 626 g/mol. The van der Waals surface area contributed by atoms with Crippen LogP contribution in [0, 0.1) is 5.41 Å². The molecule has 1 aromatic carbocycles. The van der Waals surface area contributed by atoms with Gasteiger partial charge in [-0.15, -0.1) is 0 Å². The highest BCUT2D eigenvalue weighted by Gasteiger charge is 2.31. The van der Waals surface area contributed by atoms with Gasteiger partial charge in [-0.3, -0.25) is 4.79 Å². The van der Waals surface area contributed by atoms with Crippen LogP contribution < -0.4 is 16.0 Å². The lowest BCUT2D eigenvalue weighted by Crippen LogP contribution is -2.53. The van der Waals surface area contributed by atoms with Crippen molar-refractivity contribution in [2.24, 2.45) is 5.41 Å². The molecule has 0 saturated carbocycles. The number of rotatable bonds is 15. The average Bonchev–Trinajstić information content (AvgIpc) is 2.87. The Morgan fingerprint density at radius 1 is 0.750 bits per heavy atom. The fourth-order valence-electron chi connectivity index (χ4n) is 4.02. The zero-order valence-corrected chi connectivity index (χ0v) is 30.5. The number of carbonyl (C=O) groups is 4. The van der Waals surface area contributed by atoms with E-state index < -0.39 is 41.3 Å². The molecule has 0 bridgehead atoms. The summed E-state index contributed by atoms with van der Waals surface area (Å²) in [4.78, 5) is 51.4. The minimum absolute atomic E-state index is 0.00126. The van der Waals surface area contributed by atoms with Crippen LogP contribution in [0.15, 0.2) is 28.7 Å². The number of hydrogen-bond acceptors (Lipinski definition) is 7. The topological polar surface area (TPSA) is 123 Å². The number of unbranched alkanes of at least 4 members (excludes halogenated alkanes) is 1. The Balaban J connectivity index is 0.00000904. The van der Waals surface area contributed by atoms with E-state index in [1.54, 1.807) is 41.5 Å². The third kappa shape index (κ3) is 21.3. The molecule has 0 radical (unpaired) electrons. The second-order valence-electron chi connectivity index (χ2n) is 13.9. The molecule has 0 aromatic heterocycles. The summed E-state index contributed by atoms with van der Waals surface area (Å²) in [5.41, 5.74) is -0.513. The molecule has 0 aliphatic rings. The zero-order chi connectivity index (χ0) is 34.1. The van der Waals surface area contributed by atoms with Crippen LogP contribution in [0.2, 0.25) is 0 Å². The largest absolute Gasteiger partial charge is 0.458 e. The van der Waals surface area contributed by atoms with Crippen LogP contribution in [0.5, 0.6) is 0 Å². The lowest BCUT2D eigenvalue weighted by atomic mass is 9.88. The average molecular weight is 685 g/mol.